The first kappa shape index (κ1) is 24.7. The van der Waals surface area contributed by atoms with Crippen molar-refractivity contribution in [1.29, 1.82) is 0 Å². The third kappa shape index (κ3) is 7.03. The van der Waals surface area contributed by atoms with Crippen LogP contribution in [0, 0.1) is 0 Å². The number of epoxide rings is 1. The summed E-state index contributed by atoms with van der Waals surface area (Å²) in [6.45, 7) is 5.21. The molecule has 1 fully saturated rings. The average Bonchev–Trinajstić information content (AvgIpc) is 3.53. The molecule has 1 aliphatic heterocycles. The monoisotopic (exact) mass is 457 g/mol. The summed E-state index contributed by atoms with van der Waals surface area (Å²) in [5, 5.41) is 6.84. The molecule has 0 radical (unpaired) electrons. The van der Waals surface area contributed by atoms with Crippen LogP contribution in [-0.2, 0) is 25.5 Å². The average molecular weight is 458 g/mol. The number of fused-ring (bicyclic) bond motifs is 1. The zero-order valence-corrected chi connectivity index (χ0v) is 19.4. The first-order valence-electron chi connectivity index (χ1n) is 11.9. The zero-order chi connectivity index (χ0) is 23.6. The highest BCUT2D eigenvalue weighted by atomic mass is 16.6. The van der Waals surface area contributed by atoms with Gasteiger partial charge in [-0.1, -0.05) is 51.3 Å². The Kier molecular flexibility index (Phi) is 9.26. The van der Waals surface area contributed by atoms with Crippen molar-refractivity contribution in [3.8, 4) is 0 Å². The number of aromatic amines is 1. The molecule has 5 N–H and O–H groups in total. The minimum Gasteiger partial charge on any atom is -0.361 e. The molecular formula is C24H35N5O4. The number of nitrogens with one attached hydrogen (secondary N) is 5. The second kappa shape index (κ2) is 12.4. The van der Waals surface area contributed by atoms with E-state index in [1.165, 1.54) is 0 Å². The first-order chi connectivity index (χ1) is 16.0. The van der Waals surface area contributed by atoms with Gasteiger partial charge in [-0.3, -0.25) is 19.8 Å². The molecule has 1 aromatic heterocycles. The molecular weight excluding hydrogens is 422 g/mol. The van der Waals surface area contributed by atoms with Crippen molar-refractivity contribution in [3.63, 3.8) is 0 Å². The number of para-hydroxylation sites is 1. The van der Waals surface area contributed by atoms with E-state index in [-0.39, 0.29) is 11.8 Å². The van der Waals surface area contributed by atoms with Gasteiger partial charge in [-0.15, -0.1) is 0 Å². The van der Waals surface area contributed by atoms with Crippen LogP contribution in [0.1, 0.15) is 51.5 Å². The SMILES string of the molecule is CCCCNNC(=O)[C@@H]1O[C@H]1C(=O)N[C@@H](CCCC)C(=O)NCCc1c[nH]c2ccccc12. The fourth-order valence-electron chi connectivity index (χ4n) is 3.71. The third-order valence-electron chi connectivity index (χ3n) is 5.72. The van der Waals surface area contributed by atoms with Crippen LogP contribution in [-0.4, -0.2) is 54.0 Å². The van der Waals surface area contributed by atoms with Crippen molar-refractivity contribution in [3.05, 3.63) is 36.0 Å². The van der Waals surface area contributed by atoms with Crippen LogP contribution in [0.3, 0.4) is 0 Å². The minimum atomic E-state index is -0.860. The van der Waals surface area contributed by atoms with Crippen LogP contribution in [0.15, 0.2) is 30.5 Å². The number of amides is 3. The molecule has 1 saturated heterocycles. The van der Waals surface area contributed by atoms with Crippen molar-refractivity contribution in [2.24, 2.45) is 0 Å². The molecule has 0 aliphatic carbocycles. The molecule has 0 spiro atoms. The quantitative estimate of drug-likeness (QED) is 0.168. The van der Waals surface area contributed by atoms with Gasteiger partial charge >= 0.3 is 0 Å². The summed E-state index contributed by atoms with van der Waals surface area (Å²) in [5.74, 6) is -1.03. The first-order valence-corrected chi connectivity index (χ1v) is 11.9. The van der Waals surface area contributed by atoms with Crippen molar-refractivity contribution in [1.82, 2.24) is 26.5 Å². The fourth-order valence-corrected chi connectivity index (χ4v) is 3.71. The van der Waals surface area contributed by atoms with Crippen LogP contribution in [0.25, 0.3) is 10.9 Å². The van der Waals surface area contributed by atoms with Gasteiger partial charge in [0.1, 0.15) is 6.04 Å². The van der Waals surface area contributed by atoms with E-state index in [9.17, 15) is 14.4 Å². The Hall–Kier alpha value is -2.91. The summed E-state index contributed by atoms with van der Waals surface area (Å²) in [4.78, 5) is 40.6. The molecule has 0 bridgehead atoms. The van der Waals surface area contributed by atoms with E-state index >= 15 is 0 Å². The summed E-state index contributed by atoms with van der Waals surface area (Å²) in [6.07, 6.45) is 5.14. The predicted octanol–water partition coefficient (Wildman–Crippen LogP) is 1.69. The molecule has 9 nitrogen and oxygen atoms in total. The normalized spacial score (nSPS) is 18.0. The second-order valence-corrected chi connectivity index (χ2v) is 8.35. The van der Waals surface area contributed by atoms with Crippen LogP contribution in [0.5, 0.6) is 0 Å². The van der Waals surface area contributed by atoms with Crippen LogP contribution < -0.4 is 21.5 Å². The predicted molar refractivity (Wildman–Crippen MR) is 126 cm³/mol. The Morgan fingerprint density at radius 2 is 1.79 bits per heavy atom. The lowest BCUT2D eigenvalue weighted by Gasteiger charge is -2.18. The maximum Gasteiger partial charge on any atom is 0.266 e. The van der Waals surface area contributed by atoms with E-state index in [1.54, 1.807) is 0 Å². The molecule has 3 atom stereocenters. The summed E-state index contributed by atoms with van der Waals surface area (Å²) in [5.41, 5.74) is 7.57. The van der Waals surface area contributed by atoms with Crippen LogP contribution in [0.2, 0.25) is 0 Å². The van der Waals surface area contributed by atoms with E-state index in [0.29, 0.717) is 25.9 Å². The molecule has 1 aromatic carbocycles. The minimum absolute atomic E-state index is 0.223. The molecule has 2 aromatic rings. The van der Waals surface area contributed by atoms with Crippen LogP contribution >= 0.6 is 0 Å². The lowest BCUT2D eigenvalue weighted by atomic mass is 10.1. The van der Waals surface area contributed by atoms with Gasteiger partial charge in [0.25, 0.3) is 11.8 Å². The summed E-state index contributed by atoms with van der Waals surface area (Å²) < 4.78 is 5.25. The van der Waals surface area contributed by atoms with Gasteiger partial charge in [0, 0.05) is 30.2 Å². The topological polar surface area (TPSA) is 128 Å². The number of rotatable bonds is 14. The van der Waals surface area contributed by atoms with Gasteiger partial charge in [0.2, 0.25) is 5.91 Å². The highest BCUT2D eigenvalue weighted by molar-refractivity contribution is 5.97. The Morgan fingerprint density at radius 1 is 1.03 bits per heavy atom. The lowest BCUT2D eigenvalue weighted by molar-refractivity contribution is -0.129. The van der Waals surface area contributed by atoms with Gasteiger partial charge < -0.3 is 20.4 Å². The highest BCUT2D eigenvalue weighted by Crippen LogP contribution is 2.22. The van der Waals surface area contributed by atoms with Crippen LogP contribution in [0.4, 0.5) is 0 Å². The lowest BCUT2D eigenvalue weighted by Crippen LogP contribution is -2.49. The molecule has 3 rings (SSSR count). The van der Waals surface area contributed by atoms with Gasteiger partial charge in [0.05, 0.1) is 0 Å². The fraction of sp³-hybridized carbons (Fsp3) is 0.542. The zero-order valence-electron chi connectivity index (χ0n) is 19.4. The summed E-state index contributed by atoms with van der Waals surface area (Å²) in [7, 11) is 0. The smallest absolute Gasteiger partial charge is 0.266 e. The van der Waals surface area contributed by atoms with Crippen molar-refractivity contribution in [2.75, 3.05) is 13.1 Å². The van der Waals surface area contributed by atoms with Gasteiger partial charge in [-0.2, -0.15) is 0 Å². The Balaban J connectivity index is 1.46. The third-order valence-corrected chi connectivity index (χ3v) is 5.72. The molecule has 0 saturated carbocycles. The number of unbranched alkanes of at least 4 members (excludes halogenated alkanes) is 2. The number of hydrazine groups is 1. The molecule has 3 amide bonds. The molecule has 0 unspecified atom stereocenters. The number of hydrogen-bond acceptors (Lipinski definition) is 5. The van der Waals surface area contributed by atoms with Gasteiger partial charge in [-0.25, -0.2) is 5.43 Å². The molecule has 180 valence electrons. The molecule has 33 heavy (non-hydrogen) atoms. The number of carbonyl (C=O) groups is 3. The van der Waals surface area contributed by atoms with Crippen molar-refractivity contribution >= 4 is 28.6 Å². The number of ether oxygens (including phenoxy) is 1. The van der Waals surface area contributed by atoms with E-state index in [2.05, 4.69) is 39.5 Å². The van der Waals surface area contributed by atoms with E-state index in [1.807, 2.05) is 31.3 Å². The maximum atomic E-state index is 12.8. The number of carbonyl (C=O) groups excluding carboxylic acids is 3. The number of aromatic nitrogens is 1. The summed E-state index contributed by atoms with van der Waals surface area (Å²) in [6, 6.07) is 7.38. The number of benzene rings is 1. The Labute approximate surface area is 194 Å². The molecule has 1 aliphatic rings. The Morgan fingerprint density at radius 3 is 2.58 bits per heavy atom. The van der Waals surface area contributed by atoms with Crippen molar-refractivity contribution in [2.45, 2.75) is 70.6 Å². The molecule has 2 heterocycles. The maximum absolute atomic E-state index is 12.8. The van der Waals surface area contributed by atoms with E-state index in [0.717, 1.165) is 42.1 Å². The van der Waals surface area contributed by atoms with E-state index < -0.39 is 24.2 Å². The molecule has 9 heteroatoms. The standard InChI is InChI=1S/C24H35N5O4/c1-3-5-10-19(28-23(31)20-21(33-20)24(32)29-27-13-6-4-2)22(30)25-14-12-16-15-26-18-11-8-7-9-17(16)18/h7-9,11,15,19-21,26-27H,3-6,10,12-14H2,1-2H3,(H,25,30)(H,28,31)(H,29,32)/t19-,20+,21+/m0/s1. The van der Waals surface area contributed by atoms with Crippen molar-refractivity contribution < 1.29 is 19.1 Å². The Bertz CT molecular complexity index is 944. The summed E-state index contributed by atoms with van der Waals surface area (Å²) >= 11 is 0. The highest BCUT2D eigenvalue weighted by Gasteiger charge is 2.51. The number of H-pyrrole nitrogens is 1. The van der Waals surface area contributed by atoms with E-state index in [4.69, 9.17) is 4.74 Å². The largest absolute Gasteiger partial charge is 0.361 e. The second-order valence-electron chi connectivity index (χ2n) is 8.35. The number of hydrogen-bond donors (Lipinski definition) is 5. The van der Waals surface area contributed by atoms with Gasteiger partial charge in [0.15, 0.2) is 12.2 Å². The van der Waals surface area contributed by atoms with Gasteiger partial charge in [-0.05, 0) is 30.9 Å².